The van der Waals surface area contributed by atoms with Gasteiger partial charge < -0.3 is 15.5 Å². The van der Waals surface area contributed by atoms with Crippen molar-refractivity contribution in [1.82, 2.24) is 10.2 Å². The molecule has 2 amide bonds. The number of carbonyl (C=O) groups excluding carboxylic acids is 2. The van der Waals surface area contributed by atoms with Gasteiger partial charge in [-0.1, -0.05) is 19.1 Å². The number of nitrogens with one attached hydrogen (secondary N) is 2. The summed E-state index contributed by atoms with van der Waals surface area (Å²) in [5.41, 5.74) is 2.13. The zero-order valence-corrected chi connectivity index (χ0v) is 13.6. The Morgan fingerprint density at radius 3 is 2.59 bits per heavy atom. The summed E-state index contributed by atoms with van der Waals surface area (Å²) in [6, 6.07) is 5.59. The van der Waals surface area contributed by atoms with E-state index < -0.39 is 0 Å². The lowest BCUT2D eigenvalue weighted by Gasteiger charge is -2.20. The average Bonchev–Trinajstić information content (AvgIpc) is 3.01. The van der Waals surface area contributed by atoms with Crippen molar-refractivity contribution in [2.75, 3.05) is 32.0 Å². The Hall–Kier alpha value is -1.88. The van der Waals surface area contributed by atoms with Crippen molar-refractivity contribution >= 4 is 17.5 Å². The SMILES string of the molecule is CNCC(C)C(=O)Nc1cccc(C)c1C(=O)N1CCCC1. The van der Waals surface area contributed by atoms with Gasteiger partial charge in [0.25, 0.3) is 5.91 Å². The summed E-state index contributed by atoms with van der Waals surface area (Å²) in [6.45, 7) is 5.99. The molecule has 2 N–H and O–H groups in total. The number of likely N-dealkylation sites (tertiary alicyclic amines) is 1. The molecular weight excluding hydrogens is 278 g/mol. The van der Waals surface area contributed by atoms with E-state index in [4.69, 9.17) is 0 Å². The number of hydrogen-bond acceptors (Lipinski definition) is 3. The summed E-state index contributed by atoms with van der Waals surface area (Å²) in [7, 11) is 1.82. The minimum absolute atomic E-state index is 0.0205. The largest absolute Gasteiger partial charge is 0.339 e. The lowest BCUT2D eigenvalue weighted by atomic mass is 10.0. The molecule has 1 heterocycles. The number of amides is 2. The zero-order valence-electron chi connectivity index (χ0n) is 13.6. The third-order valence-electron chi connectivity index (χ3n) is 4.10. The fourth-order valence-electron chi connectivity index (χ4n) is 2.79. The van der Waals surface area contributed by atoms with Gasteiger partial charge in [-0.2, -0.15) is 0 Å². The summed E-state index contributed by atoms with van der Waals surface area (Å²) in [4.78, 5) is 26.8. The van der Waals surface area contributed by atoms with Gasteiger partial charge in [-0.15, -0.1) is 0 Å². The second-order valence-corrected chi connectivity index (χ2v) is 5.94. The first-order valence-electron chi connectivity index (χ1n) is 7.89. The predicted molar refractivity (Wildman–Crippen MR) is 88.0 cm³/mol. The number of benzene rings is 1. The molecule has 120 valence electrons. The maximum absolute atomic E-state index is 12.7. The Labute approximate surface area is 132 Å². The van der Waals surface area contributed by atoms with Crippen molar-refractivity contribution < 1.29 is 9.59 Å². The molecule has 1 aliphatic rings. The van der Waals surface area contributed by atoms with E-state index >= 15 is 0 Å². The van der Waals surface area contributed by atoms with E-state index in [1.165, 1.54) is 0 Å². The summed E-state index contributed by atoms with van der Waals surface area (Å²) >= 11 is 0. The van der Waals surface area contributed by atoms with Crippen LogP contribution in [-0.4, -0.2) is 43.4 Å². The number of anilines is 1. The van der Waals surface area contributed by atoms with Crippen LogP contribution in [0.15, 0.2) is 18.2 Å². The highest BCUT2D eigenvalue weighted by Crippen LogP contribution is 2.24. The van der Waals surface area contributed by atoms with Gasteiger partial charge in [-0.25, -0.2) is 0 Å². The van der Waals surface area contributed by atoms with Gasteiger partial charge in [0.2, 0.25) is 5.91 Å². The van der Waals surface area contributed by atoms with Crippen molar-refractivity contribution in [3.8, 4) is 0 Å². The van der Waals surface area contributed by atoms with Crippen LogP contribution in [0, 0.1) is 12.8 Å². The van der Waals surface area contributed by atoms with Crippen molar-refractivity contribution in [2.24, 2.45) is 5.92 Å². The van der Waals surface area contributed by atoms with Crippen LogP contribution in [0.1, 0.15) is 35.7 Å². The van der Waals surface area contributed by atoms with Crippen molar-refractivity contribution in [3.63, 3.8) is 0 Å². The Kier molecular flexibility index (Phi) is 5.55. The van der Waals surface area contributed by atoms with Gasteiger partial charge >= 0.3 is 0 Å². The van der Waals surface area contributed by atoms with Gasteiger partial charge in [-0.05, 0) is 38.4 Å². The number of nitrogens with zero attached hydrogens (tertiary/aromatic N) is 1. The molecule has 0 saturated carbocycles. The highest BCUT2D eigenvalue weighted by molar-refractivity contribution is 6.05. The molecule has 1 saturated heterocycles. The van der Waals surface area contributed by atoms with E-state index in [9.17, 15) is 9.59 Å². The maximum Gasteiger partial charge on any atom is 0.256 e. The van der Waals surface area contributed by atoms with Gasteiger partial charge in [0.15, 0.2) is 0 Å². The Morgan fingerprint density at radius 2 is 1.95 bits per heavy atom. The van der Waals surface area contributed by atoms with E-state index in [1.807, 2.05) is 37.9 Å². The number of hydrogen-bond donors (Lipinski definition) is 2. The summed E-state index contributed by atoms with van der Waals surface area (Å²) in [5.74, 6) is -0.206. The van der Waals surface area contributed by atoms with Crippen molar-refractivity contribution in [2.45, 2.75) is 26.7 Å². The van der Waals surface area contributed by atoms with E-state index in [0.29, 0.717) is 17.8 Å². The van der Waals surface area contributed by atoms with Gasteiger partial charge in [-0.3, -0.25) is 9.59 Å². The Bertz CT molecular complexity index is 551. The van der Waals surface area contributed by atoms with E-state index in [2.05, 4.69) is 10.6 Å². The second kappa shape index (κ2) is 7.40. The molecule has 1 atom stereocenters. The number of aryl methyl sites for hydroxylation is 1. The van der Waals surface area contributed by atoms with Crippen LogP contribution >= 0.6 is 0 Å². The minimum atomic E-state index is -0.153. The second-order valence-electron chi connectivity index (χ2n) is 5.94. The fraction of sp³-hybridized carbons (Fsp3) is 0.529. The molecule has 2 rings (SSSR count). The lowest BCUT2D eigenvalue weighted by molar-refractivity contribution is -0.119. The molecule has 1 aromatic carbocycles. The Morgan fingerprint density at radius 1 is 1.27 bits per heavy atom. The zero-order chi connectivity index (χ0) is 16.1. The quantitative estimate of drug-likeness (QED) is 0.875. The summed E-state index contributed by atoms with van der Waals surface area (Å²) in [6.07, 6.45) is 2.11. The maximum atomic E-state index is 12.7. The van der Waals surface area contributed by atoms with E-state index in [1.54, 1.807) is 6.07 Å². The molecule has 0 aliphatic carbocycles. The average molecular weight is 303 g/mol. The normalized spacial score (nSPS) is 15.7. The highest BCUT2D eigenvalue weighted by atomic mass is 16.2. The van der Waals surface area contributed by atoms with Crippen molar-refractivity contribution in [1.29, 1.82) is 0 Å². The smallest absolute Gasteiger partial charge is 0.256 e. The topological polar surface area (TPSA) is 61.4 Å². The molecular formula is C17H25N3O2. The predicted octanol–water partition coefficient (Wildman–Crippen LogP) is 2.03. The Balaban J connectivity index is 2.22. The molecule has 1 aliphatic heterocycles. The molecule has 0 aromatic heterocycles. The van der Waals surface area contributed by atoms with Crippen LogP contribution in [0.4, 0.5) is 5.69 Å². The molecule has 0 bridgehead atoms. The molecule has 1 unspecified atom stereocenters. The summed E-state index contributed by atoms with van der Waals surface area (Å²) < 4.78 is 0. The third kappa shape index (κ3) is 3.65. The highest BCUT2D eigenvalue weighted by Gasteiger charge is 2.24. The van der Waals surface area contributed by atoms with Gasteiger partial charge in [0, 0.05) is 25.6 Å². The monoisotopic (exact) mass is 303 g/mol. The fourth-order valence-corrected chi connectivity index (χ4v) is 2.79. The third-order valence-corrected chi connectivity index (χ3v) is 4.10. The summed E-state index contributed by atoms with van der Waals surface area (Å²) in [5, 5.41) is 5.91. The minimum Gasteiger partial charge on any atom is -0.339 e. The molecule has 0 radical (unpaired) electrons. The molecule has 5 nitrogen and oxygen atoms in total. The lowest BCUT2D eigenvalue weighted by Crippen LogP contribution is -2.32. The molecule has 1 fully saturated rings. The van der Waals surface area contributed by atoms with Gasteiger partial charge in [0.1, 0.15) is 0 Å². The first-order chi connectivity index (χ1) is 10.5. The van der Waals surface area contributed by atoms with Crippen LogP contribution < -0.4 is 10.6 Å². The van der Waals surface area contributed by atoms with Gasteiger partial charge in [0.05, 0.1) is 11.3 Å². The molecule has 0 spiro atoms. The molecule has 5 heteroatoms. The number of rotatable bonds is 5. The van der Waals surface area contributed by atoms with Crippen LogP contribution in [0.3, 0.4) is 0 Å². The first kappa shape index (κ1) is 16.5. The molecule has 1 aromatic rings. The van der Waals surface area contributed by atoms with E-state index in [0.717, 1.165) is 31.5 Å². The van der Waals surface area contributed by atoms with Crippen LogP contribution in [0.25, 0.3) is 0 Å². The standard InChI is InChI=1S/C17H25N3O2/c1-12-7-6-8-14(19-16(21)13(2)11-18-3)15(12)17(22)20-9-4-5-10-20/h6-8,13,18H,4-5,9-11H2,1-3H3,(H,19,21). The van der Waals surface area contributed by atoms with Crippen molar-refractivity contribution in [3.05, 3.63) is 29.3 Å². The number of carbonyl (C=O) groups is 2. The molecule has 22 heavy (non-hydrogen) atoms. The van der Waals surface area contributed by atoms with Crippen LogP contribution in [0.5, 0.6) is 0 Å². The van der Waals surface area contributed by atoms with Crippen LogP contribution in [-0.2, 0) is 4.79 Å². The first-order valence-corrected chi connectivity index (χ1v) is 7.89. The van der Waals surface area contributed by atoms with E-state index in [-0.39, 0.29) is 17.7 Å². The van der Waals surface area contributed by atoms with Crippen LogP contribution in [0.2, 0.25) is 0 Å².